The lowest BCUT2D eigenvalue weighted by Crippen LogP contribution is -2.32. The van der Waals surface area contributed by atoms with Gasteiger partial charge in [-0.15, -0.1) is 0 Å². The van der Waals surface area contributed by atoms with Crippen LogP contribution in [0.25, 0.3) is 0 Å². The molecular weight excluding hydrogens is 260 g/mol. The molecule has 0 N–H and O–H groups in total. The molecule has 1 aromatic rings. The average Bonchev–Trinajstić information content (AvgIpc) is 2.33. The number of hydrogen-bond acceptors (Lipinski definition) is 3. The lowest BCUT2D eigenvalue weighted by Gasteiger charge is -2.29. The van der Waals surface area contributed by atoms with Crippen LogP contribution in [-0.4, -0.2) is 26.7 Å². The van der Waals surface area contributed by atoms with Crippen LogP contribution in [0, 0.1) is 0 Å². The fourth-order valence-electron chi connectivity index (χ4n) is 1.35. The zero-order valence-electron chi connectivity index (χ0n) is 9.12. The predicted octanol–water partition coefficient (Wildman–Crippen LogP) is 2.54. The molecule has 0 bridgehead atoms. The largest absolute Gasteiger partial charge is 0.497 e. The molecule has 0 aliphatic heterocycles. The summed E-state index contributed by atoms with van der Waals surface area (Å²) in [6.07, 6.45) is 0. The summed E-state index contributed by atoms with van der Waals surface area (Å²) in [7, 11) is 4.88. The summed E-state index contributed by atoms with van der Waals surface area (Å²) >= 11 is 3.38. The summed E-state index contributed by atoms with van der Waals surface area (Å²) in [5.74, 6) is 0.0844. The van der Waals surface area contributed by atoms with Gasteiger partial charge in [0.25, 0.3) is 0 Å². The zero-order valence-corrected chi connectivity index (χ0v) is 10.7. The van der Waals surface area contributed by atoms with E-state index in [1.54, 1.807) is 21.3 Å². The highest BCUT2D eigenvalue weighted by atomic mass is 79.9. The number of rotatable bonds is 5. The Hall–Kier alpha value is -0.580. The van der Waals surface area contributed by atoms with Crippen molar-refractivity contribution in [1.29, 1.82) is 0 Å². The molecule has 1 aromatic carbocycles. The molecule has 1 rings (SSSR count). The van der Waals surface area contributed by atoms with E-state index in [0.717, 1.165) is 11.3 Å². The van der Waals surface area contributed by atoms with Gasteiger partial charge >= 0.3 is 0 Å². The van der Waals surface area contributed by atoms with Crippen LogP contribution in [0.1, 0.15) is 5.56 Å². The van der Waals surface area contributed by atoms with Crippen molar-refractivity contribution in [3.05, 3.63) is 29.8 Å². The van der Waals surface area contributed by atoms with Crippen LogP contribution < -0.4 is 4.74 Å². The van der Waals surface area contributed by atoms with Crippen molar-refractivity contribution >= 4 is 15.9 Å². The molecule has 0 aromatic heterocycles. The van der Waals surface area contributed by atoms with Gasteiger partial charge in [0.2, 0.25) is 5.79 Å². The Kier molecular flexibility index (Phi) is 4.57. The predicted molar refractivity (Wildman–Crippen MR) is 62.5 cm³/mol. The molecule has 0 aliphatic rings. The van der Waals surface area contributed by atoms with Crippen molar-refractivity contribution in [2.24, 2.45) is 0 Å². The molecule has 0 fully saturated rings. The summed E-state index contributed by atoms with van der Waals surface area (Å²) in [5, 5.41) is 0.569. The molecule has 0 atom stereocenters. The molecule has 0 heterocycles. The van der Waals surface area contributed by atoms with Crippen LogP contribution in [0.5, 0.6) is 5.75 Å². The quantitative estimate of drug-likeness (QED) is 0.610. The van der Waals surface area contributed by atoms with E-state index in [1.807, 2.05) is 24.3 Å². The van der Waals surface area contributed by atoms with Gasteiger partial charge in [-0.2, -0.15) is 0 Å². The monoisotopic (exact) mass is 274 g/mol. The molecule has 0 aliphatic carbocycles. The molecule has 0 unspecified atom stereocenters. The van der Waals surface area contributed by atoms with Crippen LogP contribution in [-0.2, 0) is 15.3 Å². The Morgan fingerprint density at radius 2 is 1.60 bits per heavy atom. The number of halogens is 1. The normalized spacial score (nSPS) is 11.5. The molecule has 0 radical (unpaired) electrons. The number of benzene rings is 1. The van der Waals surface area contributed by atoms with Crippen molar-refractivity contribution in [3.63, 3.8) is 0 Å². The highest BCUT2D eigenvalue weighted by Crippen LogP contribution is 2.29. The highest BCUT2D eigenvalue weighted by molar-refractivity contribution is 9.09. The first kappa shape index (κ1) is 12.5. The molecule has 0 amide bonds. The summed E-state index contributed by atoms with van der Waals surface area (Å²) in [6.45, 7) is 0. The van der Waals surface area contributed by atoms with E-state index < -0.39 is 5.79 Å². The van der Waals surface area contributed by atoms with Crippen molar-refractivity contribution < 1.29 is 14.2 Å². The van der Waals surface area contributed by atoms with E-state index in [9.17, 15) is 0 Å². The minimum absolute atomic E-state index is 0.569. The minimum atomic E-state index is -0.730. The van der Waals surface area contributed by atoms with Gasteiger partial charge < -0.3 is 14.2 Å². The summed E-state index contributed by atoms with van der Waals surface area (Å²) < 4.78 is 15.9. The van der Waals surface area contributed by atoms with Gasteiger partial charge in [0.15, 0.2) is 0 Å². The van der Waals surface area contributed by atoms with Gasteiger partial charge in [-0.05, 0) is 24.3 Å². The maximum atomic E-state index is 5.39. The molecular formula is C11H15BrO3. The molecule has 0 saturated carbocycles. The average molecular weight is 275 g/mol. The smallest absolute Gasteiger partial charge is 0.204 e. The Morgan fingerprint density at radius 1 is 1.07 bits per heavy atom. The van der Waals surface area contributed by atoms with Crippen LogP contribution in [0.3, 0.4) is 0 Å². The van der Waals surface area contributed by atoms with Crippen molar-refractivity contribution in [3.8, 4) is 5.75 Å². The first-order chi connectivity index (χ1) is 7.22. The number of ether oxygens (including phenoxy) is 3. The van der Waals surface area contributed by atoms with Gasteiger partial charge in [0, 0.05) is 19.8 Å². The lowest BCUT2D eigenvalue weighted by atomic mass is 10.1. The SMILES string of the molecule is COc1ccc(C(CBr)(OC)OC)cc1. The fourth-order valence-corrected chi connectivity index (χ4v) is 2.13. The first-order valence-corrected chi connectivity index (χ1v) is 5.65. The molecule has 84 valence electrons. The molecule has 0 saturated heterocycles. The Balaban J connectivity index is 3.01. The maximum Gasteiger partial charge on any atom is 0.204 e. The van der Waals surface area contributed by atoms with Gasteiger partial charge in [0.1, 0.15) is 5.75 Å². The second-order valence-corrected chi connectivity index (χ2v) is 3.58. The van der Waals surface area contributed by atoms with Crippen LogP contribution >= 0.6 is 15.9 Å². The topological polar surface area (TPSA) is 27.7 Å². The van der Waals surface area contributed by atoms with E-state index in [-0.39, 0.29) is 0 Å². The second-order valence-electron chi connectivity index (χ2n) is 3.02. The summed E-state index contributed by atoms with van der Waals surface area (Å²) in [4.78, 5) is 0. The number of methoxy groups -OCH3 is 3. The first-order valence-electron chi connectivity index (χ1n) is 4.53. The van der Waals surface area contributed by atoms with Crippen LogP contribution in [0.4, 0.5) is 0 Å². The highest BCUT2D eigenvalue weighted by Gasteiger charge is 2.30. The summed E-state index contributed by atoms with van der Waals surface area (Å²) in [6, 6.07) is 7.61. The maximum absolute atomic E-state index is 5.39. The molecule has 15 heavy (non-hydrogen) atoms. The van der Waals surface area contributed by atoms with Gasteiger partial charge in [0.05, 0.1) is 12.4 Å². The third kappa shape index (κ3) is 2.51. The lowest BCUT2D eigenvalue weighted by molar-refractivity contribution is -0.196. The van der Waals surface area contributed by atoms with Gasteiger partial charge in [-0.1, -0.05) is 15.9 Å². The van der Waals surface area contributed by atoms with Crippen molar-refractivity contribution in [1.82, 2.24) is 0 Å². The summed E-state index contributed by atoms with van der Waals surface area (Å²) in [5.41, 5.74) is 0.949. The van der Waals surface area contributed by atoms with E-state index in [0.29, 0.717) is 5.33 Å². The Labute approximate surface area is 98.5 Å². The van der Waals surface area contributed by atoms with Gasteiger partial charge in [-0.25, -0.2) is 0 Å². The van der Waals surface area contributed by atoms with E-state index >= 15 is 0 Å². The number of hydrogen-bond donors (Lipinski definition) is 0. The minimum Gasteiger partial charge on any atom is -0.497 e. The van der Waals surface area contributed by atoms with Crippen LogP contribution in [0.2, 0.25) is 0 Å². The third-order valence-electron chi connectivity index (χ3n) is 2.37. The third-order valence-corrected chi connectivity index (χ3v) is 3.10. The van der Waals surface area contributed by atoms with E-state index in [2.05, 4.69) is 15.9 Å². The molecule has 0 spiro atoms. The zero-order chi connectivity index (χ0) is 11.3. The standard InChI is InChI=1S/C11H15BrO3/c1-13-10-6-4-9(5-7-10)11(8-12,14-2)15-3/h4-7H,8H2,1-3H3. The van der Waals surface area contributed by atoms with Crippen molar-refractivity contribution in [2.45, 2.75) is 5.79 Å². The van der Waals surface area contributed by atoms with Crippen LogP contribution in [0.15, 0.2) is 24.3 Å². The molecule has 4 heteroatoms. The number of alkyl halides is 1. The Bertz CT molecular complexity index is 285. The molecule has 3 nitrogen and oxygen atoms in total. The Morgan fingerprint density at radius 3 is 1.93 bits per heavy atom. The second kappa shape index (κ2) is 5.49. The van der Waals surface area contributed by atoms with E-state index in [4.69, 9.17) is 14.2 Å². The van der Waals surface area contributed by atoms with Gasteiger partial charge in [-0.3, -0.25) is 0 Å². The van der Waals surface area contributed by atoms with E-state index in [1.165, 1.54) is 0 Å². The fraction of sp³-hybridized carbons (Fsp3) is 0.455. The van der Waals surface area contributed by atoms with Crippen molar-refractivity contribution in [2.75, 3.05) is 26.7 Å².